The maximum Gasteiger partial charge on any atom is 0.228 e. The van der Waals surface area contributed by atoms with E-state index >= 15 is 0 Å². The van der Waals surface area contributed by atoms with E-state index in [1.807, 2.05) is 27.8 Å². The molecule has 20 heavy (non-hydrogen) atoms. The van der Waals surface area contributed by atoms with Crippen molar-refractivity contribution in [1.29, 1.82) is 0 Å². The second kappa shape index (κ2) is 5.18. The molecule has 1 amide bonds. The molecule has 0 saturated carbocycles. The van der Waals surface area contributed by atoms with Gasteiger partial charge in [0.1, 0.15) is 0 Å². The normalized spacial score (nSPS) is 20.8. The second-order valence-electron chi connectivity index (χ2n) is 5.57. The first kappa shape index (κ1) is 13.6. The van der Waals surface area contributed by atoms with Gasteiger partial charge in [0.25, 0.3) is 0 Å². The minimum atomic E-state index is -0.336. The molecule has 1 saturated heterocycles. The number of nitrogens with zero attached hydrogens (tertiary/aromatic N) is 3. The van der Waals surface area contributed by atoms with E-state index < -0.39 is 0 Å². The van der Waals surface area contributed by atoms with E-state index in [-0.39, 0.29) is 17.9 Å². The number of aromatic nitrogens is 2. The molecule has 2 atom stereocenters. The Bertz CT molecular complexity index is 631. The van der Waals surface area contributed by atoms with Crippen molar-refractivity contribution in [1.82, 2.24) is 14.3 Å². The lowest BCUT2D eigenvalue weighted by molar-refractivity contribution is -0.129. The summed E-state index contributed by atoms with van der Waals surface area (Å²) in [6.45, 7) is 5.19. The Morgan fingerprint density at radius 2 is 2.45 bits per heavy atom. The van der Waals surface area contributed by atoms with Gasteiger partial charge >= 0.3 is 0 Å². The van der Waals surface area contributed by atoms with Crippen LogP contribution in [0.3, 0.4) is 0 Å². The van der Waals surface area contributed by atoms with Crippen LogP contribution in [0.4, 0.5) is 0 Å². The number of carbonyl (C=O) groups is 1. The third-order valence-corrected chi connectivity index (χ3v) is 4.88. The van der Waals surface area contributed by atoms with E-state index in [9.17, 15) is 9.90 Å². The number of aliphatic hydroxyl groups is 1. The molecular weight excluding hydrogens is 274 g/mol. The molecule has 5 nitrogen and oxygen atoms in total. The van der Waals surface area contributed by atoms with E-state index in [1.165, 1.54) is 0 Å². The van der Waals surface area contributed by atoms with Crippen LogP contribution in [-0.4, -0.2) is 44.5 Å². The Hall–Kier alpha value is -1.40. The molecule has 2 aromatic heterocycles. The number of carbonyl (C=O) groups excluding carboxylic acids is 1. The number of amides is 1. The van der Waals surface area contributed by atoms with Gasteiger partial charge in [-0.05, 0) is 20.3 Å². The lowest BCUT2D eigenvalue weighted by atomic mass is 10.0. The largest absolute Gasteiger partial charge is 0.393 e. The van der Waals surface area contributed by atoms with E-state index in [4.69, 9.17) is 0 Å². The maximum absolute atomic E-state index is 12.3. The molecule has 0 spiro atoms. The zero-order chi connectivity index (χ0) is 14.3. The number of aryl methyl sites for hydroxylation is 1. The fraction of sp³-hybridized carbons (Fsp3) is 0.571. The fourth-order valence-corrected chi connectivity index (χ4v) is 3.66. The molecule has 0 radical (unpaired) electrons. The number of aliphatic hydroxyl groups excluding tert-OH is 1. The summed E-state index contributed by atoms with van der Waals surface area (Å²) in [5.41, 5.74) is 1.97. The molecule has 1 aliphatic rings. The average molecular weight is 293 g/mol. The number of rotatable bonds is 3. The SMILES string of the molecule is Cc1cn2c(CC(=O)N3CCC(C(C)O)C3)csc2n1. The first-order valence-corrected chi connectivity index (χ1v) is 7.80. The Morgan fingerprint density at radius 3 is 3.15 bits per heavy atom. The highest BCUT2D eigenvalue weighted by molar-refractivity contribution is 7.15. The molecule has 108 valence electrons. The number of hydrogen-bond donors (Lipinski definition) is 1. The van der Waals surface area contributed by atoms with Gasteiger partial charge < -0.3 is 10.0 Å². The molecule has 1 N–H and O–H groups in total. The van der Waals surface area contributed by atoms with Crippen LogP contribution in [0.15, 0.2) is 11.6 Å². The Balaban J connectivity index is 1.70. The Morgan fingerprint density at radius 1 is 1.65 bits per heavy atom. The predicted molar refractivity (Wildman–Crippen MR) is 77.9 cm³/mol. The summed E-state index contributed by atoms with van der Waals surface area (Å²) in [7, 11) is 0. The van der Waals surface area contributed by atoms with Gasteiger partial charge in [-0.15, -0.1) is 11.3 Å². The van der Waals surface area contributed by atoms with Gasteiger partial charge in [0.15, 0.2) is 4.96 Å². The minimum absolute atomic E-state index is 0.138. The fourth-order valence-electron chi connectivity index (χ4n) is 2.74. The van der Waals surface area contributed by atoms with Gasteiger partial charge in [0, 0.05) is 36.3 Å². The van der Waals surface area contributed by atoms with Gasteiger partial charge in [-0.1, -0.05) is 0 Å². The van der Waals surface area contributed by atoms with E-state index in [2.05, 4.69) is 4.98 Å². The summed E-state index contributed by atoms with van der Waals surface area (Å²) < 4.78 is 2.00. The number of imidazole rings is 1. The molecule has 0 bridgehead atoms. The number of hydrogen-bond acceptors (Lipinski definition) is 4. The topological polar surface area (TPSA) is 57.8 Å². The van der Waals surface area contributed by atoms with Gasteiger partial charge in [-0.3, -0.25) is 9.20 Å². The summed E-state index contributed by atoms with van der Waals surface area (Å²) in [6.07, 6.45) is 2.93. The lowest BCUT2D eigenvalue weighted by Gasteiger charge is -2.17. The molecule has 2 aromatic rings. The zero-order valence-corrected chi connectivity index (χ0v) is 12.6. The smallest absolute Gasteiger partial charge is 0.228 e. The minimum Gasteiger partial charge on any atom is -0.393 e. The third kappa shape index (κ3) is 2.45. The maximum atomic E-state index is 12.3. The second-order valence-corrected chi connectivity index (χ2v) is 6.40. The van der Waals surface area contributed by atoms with Crippen molar-refractivity contribution in [2.45, 2.75) is 32.8 Å². The van der Waals surface area contributed by atoms with Crippen LogP contribution in [0.5, 0.6) is 0 Å². The number of fused-ring (bicyclic) bond motifs is 1. The van der Waals surface area contributed by atoms with Crippen molar-refractivity contribution in [2.75, 3.05) is 13.1 Å². The van der Waals surface area contributed by atoms with Crippen molar-refractivity contribution in [3.63, 3.8) is 0 Å². The summed E-state index contributed by atoms with van der Waals surface area (Å²) in [5, 5.41) is 11.6. The van der Waals surface area contributed by atoms with Crippen LogP contribution in [0.1, 0.15) is 24.7 Å². The van der Waals surface area contributed by atoms with Gasteiger partial charge in [-0.2, -0.15) is 0 Å². The summed E-state index contributed by atoms with van der Waals surface area (Å²) >= 11 is 1.57. The zero-order valence-electron chi connectivity index (χ0n) is 11.7. The van der Waals surface area contributed by atoms with Crippen LogP contribution in [-0.2, 0) is 11.2 Å². The molecule has 0 aliphatic carbocycles. The van der Waals surface area contributed by atoms with Gasteiger partial charge in [-0.25, -0.2) is 4.98 Å². The Kier molecular flexibility index (Phi) is 3.52. The standard InChI is InChI=1S/C14H19N3O2S/c1-9-6-17-12(8-20-14(17)15-9)5-13(19)16-4-3-11(7-16)10(2)18/h6,8,10-11,18H,3-5,7H2,1-2H3. The molecule has 3 rings (SSSR count). The van der Waals surface area contributed by atoms with Crippen LogP contribution < -0.4 is 0 Å². The Labute approximate surface area is 121 Å². The highest BCUT2D eigenvalue weighted by atomic mass is 32.1. The van der Waals surface area contributed by atoms with E-state index in [0.717, 1.165) is 29.3 Å². The van der Waals surface area contributed by atoms with E-state index in [0.29, 0.717) is 13.0 Å². The first-order valence-electron chi connectivity index (χ1n) is 6.92. The van der Waals surface area contributed by atoms with Crippen molar-refractivity contribution >= 4 is 22.2 Å². The lowest BCUT2D eigenvalue weighted by Crippen LogP contribution is -2.31. The van der Waals surface area contributed by atoms with E-state index in [1.54, 1.807) is 18.3 Å². The highest BCUT2D eigenvalue weighted by Gasteiger charge is 2.29. The average Bonchev–Trinajstić information content (AvgIpc) is 3.05. The van der Waals surface area contributed by atoms with Gasteiger partial charge in [0.05, 0.1) is 18.2 Å². The molecule has 1 aliphatic heterocycles. The first-order chi connectivity index (χ1) is 9.54. The summed E-state index contributed by atoms with van der Waals surface area (Å²) in [5.74, 6) is 0.358. The molecular formula is C14H19N3O2S. The third-order valence-electron chi connectivity index (χ3n) is 4.00. The predicted octanol–water partition coefficient (Wildman–Crippen LogP) is 1.48. The quantitative estimate of drug-likeness (QED) is 0.932. The van der Waals surface area contributed by atoms with Crippen LogP contribution in [0, 0.1) is 12.8 Å². The van der Waals surface area contributed by atoms with Crippen molar-refractivity contribution < 1.29 is 9.90 Å². The number of thiazole rings is 1. The van der Waals surface area contributed by atoms with Crippen LogP contribution in [0.25, 0.3) is 4.96 Å². The van der Waals surface area contributed by atoms with Crippen molar-refractivity contribution in [3.05, 3.63) is 23.0 Å². The summed E-state index contributed by atoms with van der Waals surface area (Å²) in [4.78, 5) is 19.5. The van der Waals surface area contributed by atoms with Crippen molar-refractivity contribution in [3.8, 4) is 0 Å². The van der Waals surface area contributed by atoms with Crippen LogP contribution in [0.2, 0.25) is 0 Å². The number of likely N-dealkylation sites (tertiary alicyclic amines) is 1. The molecule has 2 unspecified atom stereocenters. The van der Waals surface area contributed by atoms with Crippen molar-refractivity contribution in [2.24, 2.45) is 5.92 Å². The molecule has 6 heteroatoms. The highest BCUT2D eigenvalue weighted by Crippen LogP contribution is 2.22. The van der Waals surface area contributed by atoms with Gasteiger partial charge in [0.2, 0.25) is 5.91 Å². The van der Waals surface area contributed by atoms with Crippen LogP contribution >= 0.6 is 11.3 Å². The monoisotopic (exact) mass is 293 g/mol. The summed E-state index contributed by atoms with van der Waals surface area (Å²) in [6, 6.07) is 0. The molecule has 1 fully saturated rings. The molecule has 0 aromatic carbocycles. The molecule has 3 heterocycles.